The van der Waals surface area contributed by atoms with Crippen LogP contribution in [0.2, 0.25) is 0 Å². The molecular weight excluding hydrogens is 334 g/mol. The Morgan fingerprint density at radius 3 is 2.81 bits per heavy atom. The standard InChI is InChI=1S/C23H27N3O/c1-25-23(18-9-10-18)20(14-24-25)15-26-11-12-27-21(16-26)13-19-7-4-6-17-5-2-3-8-22(17)19/h2-8,14,18,21H,9-13,15-16H2,1H3/t21-/m1/s1. The highest BCUT2D eigenvalue weighted by Crippen LogP contribution is 2.41. The maximum atomic E-state index is 6.13. The van der Waals surface area contributed by atoms with E-state index in [4.69, 9.17) is 4.74 Å². The van der Waals surface area contributed by atoms with Crippen LogP contribution in [0.4, 0.5) is 0 Å². The normalized spacial score (nSPS) is 21.0. The van der Waals surface area contributed by atoms with Gasteiger partial charge in [0.2, 0.25) is 0 Å². The molecule has 1 aliphatic carbocycles. The number of ether oxygens (including phenoxy) is 1. The summed E-state index contributed by atoms with van der Waals surface area (Å²) in [6.45, 7) is 3.80. The molecule has 2 aliphatic rings. The van der Waals surface area contributed by atoms with Crippen molar-refractivity contribution in [3.63, 3.8) is 0 Å². The molecular formula is C23H27N3O. The molecule has 1 aliphatic heterocycles. The van der Waals surface area contributed by atoms with Crippen LogP contribution in [0.1, 0.15) is 35.6 Å². The third-order valence-corrected chi connectivity index (χ3v) is 5.97. The van der Waals surface area contributed by atoms with Gasteiger partial charge >= 0.3 is 0 Å². The fraction of sp³-hybridized carbons (Fsp3) is 0.435. The molecule has 140 valence electrons. The summed E-state index contributed by atoms with van der Waals surface area (Å²) in [5, 5.41) is 7.19. The maximum Gasteiger partial charge on any atom is 0.0743 e. The number of benzene rings is 2. The van der Waals surface area contributed by atoms with E-state index in [1.165, 1.54) is 40.4 Å². The van der Waals surface area contributed by atoms with Crippen LogP contribution in [-0.2, 0) is 24.8 Å². The van der Waals surface area contributed by atoms with Gasteiger partial charge in [-0.3, -0.25) is 9.58 Å². The van der Waals surface area contributed by atoms with Gasteiger partial charge in [0.1, 0.15) is 0 Å². The van der Waals surface area contributed by atoms with Gasteiger partial charge in [-0.2, -0.15) is 5.10 Å². The fourth-order valence-electron chi connectivity index (χ4n) is 4.50. The molecule has 3 aromatic rings. The summed E-state index contributed by atoms with van der Waals surface area (Å²) in [5.41, 5.74) is 4.25. The summed E-state index contributed by atoms with van der Waals surface area (Å²) in [7, 11) is 2.08. The molecule has 1 atom stereocenters. The van der Waals surface area contributed by atoms with Crippen LogP contribution in [-0.4, -0.2) is 40.5 Å². The van der Waals surface area contributed by atoms with Gasteiger partial charge in [0.15, 0.2) is 0 Å². The molecule has 4 nitrogen and oxygen atoms in total. The molecule has 0 unspecified atom stereocenters. The molecule has 1 saturated carbocycles. The zero-order valence-electron chi connectivity index (χ0n) is 16.0. The van der Waals surface area contributed by atoms with Crippen molar-refractivity contribution < 1.29 is 4.74 Å². The Kier molecular flexibility index (Phi) is 4.46. The van der Waals surface area contributed by atoms with E-state index in [1.807, 2.05) is 0 Å². The number of hydrogen-bond acceptors (Lipinski definition) is 3. The van der Waals surface area contributed by atoms with Gasteiger partial charge < -0.3 is 4.74 Å². The fourth-order valence-corrected chi connectivity index (χ4v) is 4.50. The van der Waals surface area contributed by atoms with Crippen LogP contribution >= 0.6 is 0 Å². The van der Waals surface area contributed by atoms with E-state index in [0.717, 1.165) is 38.6 Å². The van der Waals surface area contributed by atoms with Crippen molar-refractivity contribution in [1.82, 2.24) is 14.7 Å². The minimum Gasteiger partial charge on any atom is -0.375 e. The Hall–Kier alpha value is -2.17. The van der Waals surface area contributed by atoms with Crippen LogP contribution in [0.25, 0.3) is 10.8 Å². The van der Waals surface area contributed by atoms with E-state index in [1.54, 1.807) is 0 Å². The lowest BCUT2D eigenvalue weighted by molar-refractivity contribution is -0.0304. The number of hydrogen-bond donors (Lipinski definition) is 0. The topological polar surface area (TPSA) is 30.3 Å². The highest BCUT2D eigenvalue weighted by molar-refractivity contribution is 5.85. The Morgan fingerprint density at radius 2 is 1.93 bits per heavy atom. The maximum absolute atomic E-state index is 6.13. The molecule has 2 fully saturated rings. The minimum atomic E-state index is 0.255. The number of morpholine rings is 1. The van der Waals surface area contributed by atoms with Gasteiger partial charge in [-0.15, -0.1) is 0 Å². The quantitative estimate of drug-likeness (QED) is 0.691. The first kappa shape index (κ1) is 17.0. The summed E-state index contributed by atoms with van der Waals surface area (Å²) >= 11 is 0. The lowest BCUT2D eigenvalue weighted by atomic mass is 9.99. The van der Waals surface area contributed by atoms with Gasteiger partial charge in [0, 0.05) is 50.3 Å². The second kappa shape index (κ2) is 7.10. The predicted octanol–water partition coefficient (Wildman–Crippen LogP) is 3.89. The summed E-state index contributed by atoms with van der Waals surface area (Å²) in [5.74, 6) is 0.736. The molecule has 5 rings (SSSR count). The van der Waals surface area contributed by atoms with E-state index in [9.17, 15) is 0 Å². The van der Waals surface area contributed by atoms with Crippen molar-refractivity contribution in [3.05, 3.63) is 65.5 Å². The molecule has 27 heavy (non-hydrogen) atoms. The highest BCUT2D eigenvalue weighted by atomic mass is 16.5. The van der Waals surface area contributed by atoms with Gasteiger partial charge in [-0.1, -0.05) is 42.5 Å². The Bertz CT molecular complexity index is 938. The second-order valence-electron chi connectivity index (χ2n) is 8.02. The lowest BCUT2D eigenvalue weighted by Gasteiger charge is -2.33. The molecule has 0 spiro atoms. The zero-order valence-corrected chi connectivity index (χ0v) is 16.0. The smallest absolute Gasteiger partial charge is 0.0743 e. The molecule has 2 heterocycles. The minimum absolute atomic E-state index is 0.255. The molecule has 1 aromatic heterocycles. The van der Waals surface area contributed by atoms with E-state index in [0.29, 0.717) is 0 Å². The van der Waals surface area contributed by atoms with Crippen LogP contribution in [0, 0.1) is 0 Å². The summed E-state index contributed by atoms with van der Waals surface area (Å²) in [6, 6.07) is 15.2. The van der Waals surface area contributed by atoms with Crippen LogP contribution < -0.4 is 0 Å². The third kappa shape index (κ3) is 3.52. The van der Waals surface area contributed by atoms with Gasteiger partial charge in [-0.05, 0) is 29.2 Å². The molecule has 0 bridgehead atoms. The van der Waals surface area contributed by atoms with Crippen molar-refractivity contribution in [2.75, 3.05) is 19.7 Å². The first-order chi connectivity index (χ1) is 13.3. The molecule has 4 heteroatoms. The summed E-state index contributed by atoms with van der Waals surface area (Å²) < 4.78 is 8.22. The number of rotatable bonds is 5. The van der Waals surface area contributed by atoms with E-state index >= 15 is 0 Å². The average molecular weight is 361 g/mol. The van der Waals surface area contributed by atoms with E-state index in [2.05, 4.69) is 70.4 Å². The summed E-state index contributed by atoms with van der Waals surface area (Å²) in [6.07, 6.45) is 5.94. The Labute approximate surface area is 160 Å². The average Bonchev–Trinajstić information content (AvgIpc) is 3.46. The van der Waals surface area contributed by atoms with Crippen molar-refractivity contribution in [2.45, 2.75) is 37.8 Å². The van der Waals surface area contributed by atoms with Crippen molar-refractivity contribution in [2.24, 2.45) is 7.05 Å². The van der Waals surface area contributed by atoms with Crippen molar-refractivity contribution in [1.29, 1.82) is 0 Å². The first-order valence-electron chi connectivity index (χ1n) is 10.1. The zero-order chi connectivity index (χ0) is 18.2. The van der Waals surface area contributed by atoms with Crippen LogP contribution in [0.5, 0.6) is 0 Å². The molecule has 0 N–H and O–H groups in total. The number of nitrogens with zero attached hydrogens (tertiary/aromatic N) is 3. The van der Waals surface area contributed by atoms with Gasteiger partial charge in [-0.25, -0.2) is 0 Å². The Balaban J connectivity index is 1.30. The van der Waals surface area contributed by atoms with E-state index in [-0.39, 0.29) is 6.10 Å². The number of aromatic nitrogens is 2. The number of aryl methyl sites for hydroxylation is 1. The monoisotopic (exact) mass is 361 g/mol. The molecule has 0 amide bonds. The SMILES string of the molecule is Cn1ncc(CN2CCO[C@H](Cc3cccc4ccccc34)C2)c1C1CC1. The van der Waals surface area contributed by atoms with Crippen LogP contribution in [0.3, 0.4) is 0 Å². The molecule has 0 radical (unpaired) electrons. The van der Waals surface area contributed by atoms with Gasteiger partial charge in [0.05, 0.1) is 18.9 Å². The lowest BCUT2D eigenvalue weighted by Crippen LogP contribution is -2.43. The van der Waals surface area contributed by atoms with Crippen molar-refractivity contribution >= 4 is 10.8 Å². The summed E-state index contributed by atoms with van der Waals surface area (Å²) in [4.78, 5) is 2.54. The van der Waals surface area contributed by atoms with Crippen molar-refractivity contribution in [3.8, 4) is 0 Å². The second-order valence-corrected chi connectivity index (χ2v) is 8.02. The predicted molar refractivity (Wildman–Crippen MR) is 108 cm³/mol. The number of fused-ring (bicyclic) bond motifs is 1. The van der Waals surface area contributed by atoms with Gasteiger partial charge in [0.25, 0.3) is 0 Å². The molecule has 1 saturated heterocycles. The van der Waals surface area contributed by atoms with E-state index < -0.39 is 0 Å². The van der Waals surface area contributed by atoms with Crippen LogP contribution in [0.15, 0.2) is 48.7 Å². The molecule has 2 aromatic carbocycles. The Morgan fingerprint density at radius 1 is 1.07 bits per heavy atom. The largest absolute Gasteiger partial charge is 0.375 e. The third-order valence-electron chi connectivity index (χ3n) is 5.97. The first-order valence-corrected chi connectivity index (χ1v) is 10.1. The highest BCUT2D eigenvalue weighted by Gasteiger charge is 2.30.